The molecule has 1 aromatic carbocycles. The van der Waals surface area contributed by atoms with Gasteiger partial charge < -0.3 is 15.4 Å². The van der Waals surface area contributed by atoms with E-state index in [-0.39, 0.29) is 12.0 Å². The van der Waals surface area contributed by atoms with E-state index in [0.29, 0.717) is 22.9 Å². The molecule has 2 N–H and O–H groups in total. The largest absolute Gasteiger partial charge is 0.490 e. The average Bonchev–Trinajstić information content (AvgIpc) is 2.40. The SMILES string of the molecule is CCCNCCNC(=O)c1cc(Cl)ccc1OC(C)C. The van der Waals surface area contributed by atoms with Gasteiger partial charge in [-0.3, -0.25) is 4.79 Å². The van der Waals surface area contributed by atoms with Gasteiger partial charge in [-0.2, -0.15) is 0 Å². The quantitative estimate of drug-likeness (QED) is 0.726. The van der Waals surface area contributed by atoms with Gasteiger partial charge in [-0.05, 0) is 45.0 Å². The van der Waals surface area contributed by atoms with E-state index in [9.17, 15) is 4.79 Å². The van der Waals surface area contributed by atoms with Crippen LogP contribution in [0.5, 0.6) is 5.75 Å². The van der Waals surface area contributed by atoms with Crippen LogP contribution in [0.2, 0.25) is 5.02 Å². The molecule has 0 aliphatic heterocycles. The lowest BCUT2D eigenvalue weighted by atomic mass is 10.2. The van der Waals surface area contributed by atoms with Crippen molar-refractivity contribution in [3.8, 4) is 5.75 Å². The highest BCUT2D eigenvalue weighted by atomic mass is 35.5. The lowest BCUT2D eigenvalue weighted by molar-refractivity contribution is 0.0948. The molecule has 0 aliphatic carbocycles. The number of amides is 1. The van der Waals surface area contributed by atoms with Crippen LogP contribution in [0.4, 0.5) is 0 Å². The summed E-state index contributed by atoms with van der Waals surface area (Å²) in [5, 5.41) is 6.61. The molecule has 0 aromatic heterocycles. The highest BCUT2D eigenvalue weighted by Crippen LogP contribution is 2.23. The molecule has 0 heterocycles. The number of hydrogen-bond acceptors (Lipinski definition) is 3. The van der Waals surface area contributed by atoms with Gasteiger partial charge in [0.05, 0.1) is 11.7 Å². The Morgan fingerprint density at radius 3 is 2.70 bits per heavy atom. The van der Waals surface area contributed by atoms with E-state index in [0.717, 1.165) is 19.5 Å². The molecule has 0 radical (unpaired) electrons. The summed E-state index contributed by atoms with van der Waals surface area (Å²) in [5.41, 5.74) is 0.474. The predicted octanol–water partition coefficient (Wildman–Crippen LogP) is 2.86. The van der Waals surface area contributed by atoms with Gasteiger partial charge in [0.15, 0.2) is 0 Å². The summed E-state index contributed by atoms with van der Waals surface area (Å²) in [6.07, 6.45) is 1.09. The number of halogens is 1. The number of hydrogen-bond donors (Lipinski definition) is 2. The van der Waals surface area contributed by atoms with Gasteiger partial charge in [-0.15, -0.1) is 0 Å². The molecule has 4 nitrogen and oxygen atoms in total. The van der Waals surface area contributed by atoms with Crippen molar-refractivity contribution >= 4 is 17.5 Å². The Bertz CT molecular complexity index is 436. The summed E-state index contributed by atoms with van der Waals surface area (Å²) < 4.78 is 5.63. The molecule has 0 fully saturated rings. The first kappa shape index (κ1) is 16.8. The third-order valence-corrected chi connectivity index (χ3v) is 2.80. The molecule has 1 rings (SSSR count). The minimum atomic E-state index is -0.165. The van der Waals surface area contributed by atoms with Gasteiger partial charge >= 0.3 is 0 Å². The van der Waals surface area contributed by atoms with E-state index in [4.69, 9.17) is 16.3 Å². The molecule has 0 unspecified atom stereocenters. The Labute approximate surface area is 125 Å². The van der Waals surface area contributed by atoms with Gasteiger partial charge in [-0.1, -0.05) is 18.5 Å². The minimum absolute atomic E-state index is 0.00828. The average molecular weight is 299 g/mol. The molecule has 0 aliphatic rings. The van der Waals surface area contributed by atoms with Crippen LogP contribution >= 0.6 is 11.6 Å². The molecule has 5 heteroatoms. The lowest BCUT2D eigenvalue weighted by Gasteiger charge is -2.14. The fraction of sp³-hybridized carbons (Fsp3) is 0.533. The van der Waals surface area contributed by atoms with E-state index in [1.807, 2.05) is 13.8 Å². The van der Waals surface area contributed by atoms with Crippen molar-refractivity contribution in [2.24, 2.45) is 0 Å². The van der Waals surface area contributed by atoms with E-state index in [1.165, 1.54) is 0 Å². The Morgan fingerprint density at radius 2 is 2.05 bits per heavy atom. The smallest absolute Gasteiger partial charge is 0.255 e. The molecule has 112 valence electrons. The van der Waals surface area contributed by atoms with E-state index < -0.39 is 0 Å². The van der Waals surface area contributed by atoms with Gasteiger partial charge in [0.25, 0.3) is 5.91 Å². The van der Waals surface area contributed by atoms with Crippen LogP contribution in [0.15, 0.2) is 18.2 Å². The van der Waals surface area contributed by atoms with Crippen LogP contribution in [-0.4, -0.2) is 31.6 Å². The Hall–Kier alpha value is -1.26. The Kier molecular flexibility index (Phi) is 7.41. The van der Waals surface area contributed by atoms with Gasteiger partial charge in [-0.25, -0.2) is 0 Å². The second-order valence-corrected chi connectivity index (χ2v) is 5.25. The van der Waals surface area contributed by atoms with Crippen molar-refractivity contribution in [2.45, 2.75) is 33.3 Å². The van der Waals surface area contributed by atoms with Gasteiger partial charge in [0.1, 0.15) is 5.75 Å². The van der Waals surface area contributed by atoms with Crippen molar-refractivity contribution < 1.29 is 9.53 Å². The zero-order valence-corrected chi connectivity index (χ0v) is 13.1. The van der Waals surface area contributed by atoms with E-state index in [1.54, 1.807) is 18.2 Å². The van der Waals surface area contributed by atoms with Crippen LogP contribution in [0.25, 0.3) is 0 Å². The van der Waals surface area contributed by atoms with Crippen molar-refractivity contribution in [1.29, 1.82) is 0 Å². The standard InChI is InChI=1S/C15H23ClN2O2/c1-4-7-17-8-9-18-15(19)13-10-12(16)5-6-14(13)20-11(2)3/h5-6,10-11,17H,4,7-9H2,1-3H3,(H,18,19). The third-order valence-electron chi connectivity index (χ3n) is 2.56. The number of ether oxygens (including phenoxy) is 1. The molecule has 0 atom stereocenters. The van der Waals surface area contributed by atoms with Crippen LogP contribution in [0, 0.1) is 0 Å². The Morgan fingerprint density at radius 1 is 1.30 bits per heavy atom. The fourth-order valence-electron chi connectivity index (χ4n) is 1.70. The maximum Gasteiger partial charge on any atom is 0.255 e. The molecule has 1 aromatic rings. The Balaban J connectivity index is 2.63. The fourth-order valence-corrected chi connectivity index (χ4v) is 1.87. The molecular formula is C15H23ClN2O2. The van der Waals surface area contributed by atoms with Crippen LogP contribution < -0.4 is 15.4 Å². The van der Waals surface area contributed by atoms with Gasteiger partial charge in [0, 0.05) is 18.1 Å². The predicted molar refractivity (Wildman–Crippen MR) is 82.7 cm³/mol. The van der Waals surface area contributed by atoms with Crippen molar-refractivity contribution in [2.75, 3.05) is 19.6 Å². The number of carbonyl (C=O) groups is 1. The number of nitrogens with one attached hydrogen (secondary N) is 2. The monoisotopic (exact) mass is 298 g/mol. The van der Waals surface area contributed by atoms with Crippen LogP contribution in [0.1, 0.15) is 37.6 Å². The summed E-state index contributed by atoms with van der Waals surface area (Å²) in [5.74, 6) is 0.393. The van der Waals surface area contributed by atoms with Gasteiger partial charge in [0.2, 0.25) is 0 Å². The zero-order chi connectivity index (χ0) is 15.0. The number of benzene rings is 1. The summed E-state index contributed by atoms with van der Waals surface area (Å²) in [4.78, 5) is 12.2. The summed E-state index contributed by atoms with van der Waals surface area (Å²) >= 11 is 5.95. The second kappa shape index (κ2) is 8.82. The van der Waals surface area contributed by atoms with Crippen LogP contribution in [0.3, 0.4) is 0 Å². The summed E-state index contributed by atoms with van der Waals surface area (Å²) in [6.45, 7) is 8.23. The van der Waals surface area contributed by atoms with E-state index >= 15 is 0 Å². The molecular weight excluding hydrogens is 276 g/mol. The highest BCUT2D eigenvalue weighted by Gasteiger charge is 2.13. The molecule has 0 spiro atoms. The van der Waals surface area contributed by atoms with Crippen molar-refractivity contribution in [1.82, 2.24) is 10.6 Å². The maximum absolute atomic E-state index is 12.2. The molecule has 0 bridgehead atoms. The first-order valence-corrected chi connectivity index (χ1v) is 7.37. The summed E-state index contributed by atoms with van der Waals surface area (Å²) in [6, 6.07) is 5.08. The number of rotatable bonds is 8. The lowest BCUT2D eigenvalue weighted by Crippen LogP contribution is -2.32. The molecule has 0 saturated heterocycles. The molecule has 1 amide bonds. The zero-order valence-electron chi connectivity index (χ0n) is 12.3. The first-order valence-electron chi connectivity index (χ1n) is 6.99. The third kappa shape index (κ3) is 5.80. The molecule has 0 saturated carbocycles. The van der Waals surface area contributed by atoms with E-state index in [2.05, 4.69) is 17.6 Å². The molecule has 20 heavy (non-hydrogen) atoms. The van der Waals surface area contributed by atoms with Crippen molar-refractivity contribution in [3.05, 3.63) is 28.8 Å². The first-order chi connectivity index (χ1) is 9.54. The number of carbonyl (C=O) groups excluding carboxylic acids is 1. The second-order valence-electron chi connectivity index (χ2n) is 4.81. The minimum Gasteiger partial charge on any atom is -0.490 e. The maximum atomic E-state index is 12.2. The highest BCUT2D eigenvalue weighted by molar-refractivity contribution is 6.31. The summed E-state index contributed by atoms with van der Waals surface area (Å²) in [7, 11) is 0. The normalized spacial score (nSPS) is 10.7. The topological polar surface area (TPSA) is 50.4 Å². The van der Waals surface area contributed by atoms with Crippen LogP contribution in [-0.2, 0) is 0 Å². The van der Waals surface area contributed by atoms with Crippen molar-refractivity contribution in [3.63, 3.8) is 0 Å².